The van der Waals surface area contributed by atoms with Crippen molar-refractivity contribution in [3.63, 3.8) is 0 Å². The molecule has 106 valence electrons. The molecular formula is C15H19N3O2. The molecule has 5 heteroatoms. The standard InChI is InChI=1S/C15H19N3O2/c19-14-6-5-11(8-17-14)18-15(20)13-9-16-7-10-3-1-2-4-12(10)13/h1-4,11,13,16H,5-9H2,(H,17,19)(H,18,20). The summed E-state index contributed by atoms with van der Waals surface area (Å²) in [5, 5.41) is 9.13. The first kappa shape index (κ1) is 13.1. The van der Waals surface area contributed by atoms with Crippen molar-refractivity contribution in [2.24, 2.45) is 0 Å². The van der Waals surface area contributed by atoms with Crippen LogP contribution in [0.4, 0.5) is 0 Å². The molecule has 2 aliphatic rings. The Morgan fingerprint density at radius 3 is 2.90 bits per heavy atom. The van der Waals surface area contributed by atoms with E-state index in [1.807, 2.05) is 18.2 Å². The van der Waals surface area contributed by atoms with Crippen molar-refractivity contribution in [1.29, 1.82) is 0 Å². The molecule has 0 saturated carbocycles. The van der Waals surface area contributed by atoms with Crippen molar-refractivity contribution < 1.29 is 9.59 Å². The van der Waals surface area contributed by atoms with E-state index >= 15 is 0 Å². The molecular weight excluding hydrogens is 254 g/mol. The highest BCUT2D eigenvalue weighted by atomic mass is 16.2. The van der Waals surface area contributed by atoms with Gasteiger partial charge in [-0.2, -0.15) is 0 Å². The topological polar surface area (TPSA) is 70.2 Å². The van der Waals surface area contributed by atoms with Gasteiger partial charge in [0.25, 0.3) is 0 Å². The van der Waals surface area contributed by atoms with Crippen LogP contribution in [-0.2, 0) is 16.1 Å². The third-order valence-corrected chi connectivity index (χ3v) is 4.02. The number of carbonyl (C=O) groups excluding carboxylic acids is 2. The fraction of sp³-hybridized carbons (Fsp3) is 0.467. The van der Waals surface area contributed by atoms with Gasteiger partial charge >= 0.3 is 0 Å². The van der Waals surface area contributed by atoms with Crippen LogP contribution in [-0.4, -0.2) is 30.9 Å². The number of rotatable bonds is 2. The maximum absolute atomic E-state index is 12.4. The second-order valence-corrected chi connectivity index (χ2v) is 5.43. The quantitative estimate of drug-likeness (QED) is 0.724. The molecule has 3 N–H and O–H groups in total. The van der Waals surface area contributed by atoms with Gasteiger partial charge in [0, 0.05) is 32.1 Å². The highest BCUT2D eigenvalue weighted by Gasteiger charge is 2.28. The maximum atomic E-state index is 12.4. The molecule has 2 atom stereocenters. The summed E-state index contributed by atoms with van der Waals surface area (Å²) in [6, 6.07) is 8.11. The highest BCUT2D eigenvalue weighted by molar-refractivity contribution is 5.85. The van der Waals surface area contributed by atoms with Crippen molar-refractivity contribution in [2.75, 3.05) is 13.1 Å². The molecule has 3 rings (SSSR count). The van der Waals surface area contributed by atoms with Crippen LogP contribution in [0.1, 0.15) is 29.9 Å². The van der Waals surface area contributed by atoms with Gasteiger partial charge in [-0.05, 0) is 17.5 Å². The minimum absolute atomic E-state index is 0.0470. The van der Waals surface area contributed by atoms with E-state index in [4.69, 9.17) is 0 Å². The lowest BCUT2D eigenvalue weighted by Gasteiger charge is -2.29. The fourth-order valence-electron chi connectivity index (χ4n) is 2.89. The normalized spacial score (nSPS) is 25.5. The van der Waals surface area contributed by atoms with Crippen LogP contribution in [0.5, 0.6) is 0 Å². The fourth-order valence-corrected chi connectivity index (χ4v) is 2.89. The molecule has 1 fully saturated rings. The average molecular weight is 273 g/mol. The van der Waals surface area contributed by atoms with Gasteiger partial charge in [0.1, 0.15) is 0 Å². The summed E-state index contributed by atoms with van der Waals surface area (Å²) in [6.45, 7) is 2.02. The molecule has 0 aliphatic carbocycles. The van der Waals surface area contributed by atoms with E-state index < -0.39 is 0 Å². The van der Waals surface area contributed by atoms with E-state index in [-0.39, 0.29) is 23.8 Å². The lowest BCUT2D eigenvalue weighted by Crippen LogP contribution is -2.50. The van der Waals surface area contributed by atoms with Crippen LogP contribution in [0.25, 0.3) is 0 Å². The third kappa shape index (κ3) is 2.67. The molecule has 2 aliphatic heterocycles. The van der Waals surface area contributed by atoms with E-state index in [1.165, 1.54) is 5.56 Å². The van der Waals surface area contributed by atoms with Gasteiger partial charge in [-0.1, -0.05) is 24.3 Å². The highest BCUT2D eigenvalue weighted by Crippen LogP contribution is 2.24. The summed E-state index contributed by atoms with van der Waals surface area (Å²) in [7, 11) is 0. The second-order valence-electron chi connectivity index (χ2n) is 5.43. The maximum Gasteiger partial charge on any atom is 0.229 e. The monoisotopic (exact) mass is 273 g/mol. The predicted molar refractivity (Wildman–Crippen MR) is 75.1 cm³/mol. The van der Waals surface area contributed by atoms with E-state index in [2.05, 4.69) is 22.0 Å². The molecule has 1 aromatic carbocycles. The summed E-state index contributed by atoms with van der Waals surface area (Å²) in [5.74, 6) is -0.0245. The molecule has 20 heavy (non-hydrogen) atoms. The number of hydrogen-bond donors (Lipinski definition) is 3. The average Bonchev–Trinajstić information content (AvgIpc) is 2.49. The van der Waals surface area contributed by atoms with Gasteiger partial charge in [-0.15, -0.1) is 0 Å². The molecule has 2 amide bonds. The summed E-state index contributed by atoms with van der Waals surface area (Å²) >= 11 is 0. The van der Waals surface area contributed by atoms with Crippen LogP contribution in [0, 0.1) is 0 Å². The molecule has 0 aromatic heterocycles. The Bertz CT molecular complexity index is 520. The van der Waals surface area contributed by atoms with Gasteiger partial charge in [-0.25, -0.2) is 0 Å². The molecule has 5 nitrogen and oxygen atoms in total. The number of piperidine rings is 1. The zero-order chi connectivity index (χ0) is 13.9. The minimum Gasteiger partial charge on any atom is -0.354 e. The Labute approximate surface area is 118 Å². The van der Waals surface area contributed by atoms with Gasteiger partial charge < -0.3 is 16.0 Å². The van der Waals surface area contributed by atoms with E-state index in [9.17, 15) is 9.59 Å². The molecule has 0 spiro atoms. The summed E-state index contributed by atoms with van der Waals surface area (Å²) < 4.78 is 0. The van der Waals surface area contributed by atoms with Crippen LogP contribution >= 0.6 is 0 Å². The lowest BCUT2D eigenvalue weighted by atomic mass is 9.90. The van der Waals surface area contributed by atoms with Crippen LogP contribution in [0.15, 0.2) is 24.3 Å². The molecule has 1 aromatic rings. The zero-order valence-corrected chi connectivity index (χ0v) is 11.3. The molecule has 2 unspecified atom stereocenters. The van der Waals surface area contributed by atoms with Gasteiger partial charge in [0.05, 0.1) is 5.92 Å². The van der Waals surface area contributed by atoms with Crippen LogP contribution < -0.4 is 16.0 Å². The van der Waals surface area contributed by atoms with Crippen LogP contribution in [0.3, 0.4) is 0 Å². The summed E-state index contributed by atoms with van der Waals surface area (Å²) in [4.78, 5) is 23.6. The first-order chi connectivity index (χ1) is 9.74. The molecule has 2 heterocycles. The predicted octanol–water partition coefficient (Wildman–Crippen LogP) is 0.268. The number of fused-ring (bicyclic) bond motifs is 1. The summed E-state index contributed by atoms with van der Waals surface area (Å²) in [6.07, 6.45) is 1.21. The Hall–Kier alpha value is -1.88. The Balaban J connectivity index is 1.67. The molecule has 0 bridgehead atoms. The number of hydrogen-bond acceptors (Lipinski definition) is 3. The first-order valence-electron chi connectivity index (χ1n) is 7.09. The summed E-state index contributed by atoms with van der Waals surface area (Å²) in [5.41, 5.74) is 2.31. The Morgan fingerprint density at radius 2 is 2.10 bits per heavy atom. The zero-order valence-electron chi connectivity index (χ0n) is 11.3. The second kappa shape index (κ2) is 5.63. The SMILES string of the molecule is O=C1CCC(NC(=O)C2CNCc3ccccc32)CN1. The minimum atomic E-state index is -0.141. The van der Waals surface area contributed by atoms with Crippen molar-refractivity contribution in [3.05, 3.63) is 35.4 Å². The molecule has 1 saturated heterocycles. The van der Waals surface area contributed by atoms with Gasteiger partial charge in [0.15, 0.2) is 0 Å². The third-order valence-electron chi connectivity index (χ3n) is 4.02. The van der Waals surface area contributed by atoms with Crippen LogP contribution in [0.2, 0.25) is 0 Å². The Morgan fingerprint density at radius 1 is 1.25 bits per heavy atom. The number of carbonyl (C=O) groups is 2. The van der Waals surface area contributed by atoms with Gasteiger partial charge in [-0.3, -0.25) is 9.59 Å². The lowest BCUT2D eigenvalue weighted by molar-refractivity contribution is -0.126. The Kier molecular flexibility index (Phi) is 3.69. The van der Waals surface area contributed by atoms with Crippen molar-refractivity contribution in [3.8, 4) is 0 Å². The van der Waals surface area contributed by atoms with Crippen molar-refractivity contribution in [2.45, 2.75) is 31.3 Å². The number of nitrogens with one attached hydrogen (secondary N) is 3. The number of benzene rings is 1. The largest absolute Gasteiger partial charge is 0.354 e. The van der Waals surface area contributed by atoms with Crippen molar-refractivity contribution >= 4 is 11.8 Å². The van der Waals surface area contributed by atoms with E-state index in [0.717, 1.165) is 18.5 Å². The number of amides is 2. The first-order valence-corrected chi connectivity index (χ1v) is 7.09. The van der Waals surface area contributed by atoms with Crippen molar-refractivity contribution in [1.82, 2.24) is 16.0 Å². The molecule has 0 radical (unpaired) electrons. The van der Waals surface area contributed by atoms with E-state index in [1.54, 1.807) is 0 Å². The van der Waals surface area contributed by atoms with E-state index in [0.29, 0.717) is 19.5 Å². The smallest absolute Gasteiger partial charge is 0.229 e. The van der Waals surface area contributed by atoms with Gasteiger partial charge in [0.2, 0.25) is 11.8 Å².